The first-order valence-corrected chi connectivity index (χ1v) is 13.5. The van der Waals surface area contributed by atoms with Crippen molar-refractivity contribution in [2.24, 2.45) is 5.92 Å². The summed E-state index contributed by atoms with van der Waals surface area (Å²) in [6, 6.07) is 15.7. The Morgan fingerprint density at radius 2 is 1.67 bits per heavy atom. The third-order valence-corrected chi connectivity index (χ3v) is 7.42. The quantitative estimate of drug-likeness (QED) is 0.258. The highest BCUT2D eigenvalue weighted by molar-refractivity contribution is 5.85. The molecule has 0 N–H and O–H groups in total. The molecule has 0 amide bonds. The SMILES string of the molecule is CC=CCOc1ccc2cc(CCc3ccc(C4CCC(/C=C/CCC)CC4)cc3)c(F)c(F)c2c1. The van der Waals surface area contributed by atoms with Crippen molar-refractivity contribution in [3.05, 3.63) is 101 Å². The fraction of sp³-hybridized carbons (Fsp3) is 0.394. The van der Waals surface area contributed by atoms with E-state index >= 15 is 0 Å². The van der Waals surface area contributed by atoms with Gasteiger partial charge in [-0.1, -0.05) is 68.0 Å². The standard InChI is InChI=1S/C33H38F2O/c1-3-5-7-8-24-9-14-26(15-10-24)27-16-11-25(12-17-27)13-18-29-22-28-19-20-30(36-21-6-4-2)23-31(28)33(35)32(29)34/h4,6-8,11-12,16-17,19-20,22-24,26H,3,5,9-10,13-15,18,21H2,1-2H3/b6-4?,8-7+. The molecule has 0 radical (unpaired) electrons. The molecule has 0 spiro atoms. The number of rotatable bonds is 10. The van der Waals surface area contributed by atoms with Gasteiger partial charge in [0.2, 0.25) is 0 Å². The van der Waals surface area contributed by atoms with Gasteiger partial charge in [-0.2, -0.15) is 0 Å². The van der Waals surface area contributed by atoms with Gasteiger partial charge >= 0.3 is 0 Å². The summed E-state index contributed by atoms with van der Waals surface area (Å²) in [6.45, 7) is 4.54. The highest BCUT2D eigenvalue weighted by Crippen LogP contribution is 2.36. The lowest BCUT2D eigenvalue weighted by Gasteiger charge is -2.27. The van der Waals surface area contributed by atoms with Crippen molar-refractivity contribution in [2.45, 2.75) is 71.1 Å². The number of hydrogen-bond donors (Lipinski definition) is 0. The molecular weight excluding hydrogens is 450 g/mol. The van der Waals surface area contributed by atoms with Gasteiger partial charge < -0.3 is 4.74 Å². The molecule has 0 aromatic heterocycles. The number of ether oxygens (including phenoxy) is 1. The van der Waals surface area contributed by atoms with Crippen molar-refractivity contribution in [3.8, 4) is 5.75 Å². The predicted octanol–water partition coefficient (Wildman–Crippen LogP) is 9.49. The molecule has 3 heteroatoms. The highest BCUT2D eigenvalue weighted by atomic mass is 19.2. The Morgan fingerprint density at radius 3 is 2.39 bits per heavy atom. The molecule has 36 heavy (non-hydrogen) atoms. The first-order chi connectivity index (χ1) is 17.6. The molecule has 0 saturated heterocycles. The second kappa shape index (κ2) is 12.9. The van der Waals surface area contributed by atoms with Crippen LogP contribution in [0.2, 0.25) is 0 Å². The van der Waals surface area contributed by atoms with E-state index in [-0.39, 0.29) is 5.39 Å². The molecule has 1 aliphatic rings. The van der Waals surface area contributed by atoms with Crippen LogP contribution >= 0.6 is 0 Å². The topological polar surface area (TPSA) is 9.23 Å². The largest absolute Gasteiger partial charge is 0.490 e. The number of hydrogen-bond acceptors (Lipinski definition) is 1. The van der Waals surface area contributed by atoms with Crippen molar-refractivity contribution in [1.29, 1.82) is 0 Å². The van der Waals surface area contributed by atoms with Crippen molar-refractivity contribution >= 4 is 10.8 Å². The molecule has 3 aromatic rings. The summed E-state index contributed by atoms with van der Waals surface area (Å²) in [5, 5.41) is 0.951. The smallest absolute Gasteiger partial charge is 0.167 e. The van der Waals surface area contributed by atoms with Crippen molar-refractivity contribution in [2.75, 3.05) is 6.61 Å². The Labute approximate surface area is 214 Å². The Hall–Kier alpha value is -2.94. The Balaban J connectivity index is 1.36. The van der Waals surface area contributed by atoms with E-state index in [1.54, 1.807) is 24.3 Å². The van der Waals surface area contributed by atoms with Gasteiger partial charge in [0.1, 0.15) is 12.4 Å². The van der Waals surface area contributed by atoms with Crippen LogP contribution in [0, 0.1) is 17.6 Å². The zero-order valence-corrected chi connectivity index (χ0v) is 21.6. The van der Waals surface area contributed by atoms with Crippen LogP contribution in [0.25, 0.3) is 10.8 Å². The molecular formula is C33H38F2O. The van der Waals surface area contributed by atoms with Crippen molar-refractivity contribution in [1.82, 2.24) is 0 Å². The van der Waals surface area contributed by atoms with Crippen LogP contribution < -0.4 is 4.74 Å². The van der Waals surface area contributed by atoms with E-state index in [0.717, 1.165) is 11.5 Å². The molecule has 1 saturated carbocycles. The maximum absolute atomic E-state index is 14.9. The molecule has 4 rings (SSSR count). The van der Waals surface area contributed by atoms with Crippen molar-refractivity contribution in [3.63, 3.8) is 0 Å². The Kier molecular flexibility index (Phi) is 9.33. The minimum Gasteiger partial charge on any atom is -0.490 e. The van der Waals surface area contributed by atoms with E-state index in [9.17, 15) is 8.78 Å². The average Bonchev–Trinajstić information content (AvgIpc) is 2.91. The van der Waals surface area contributed by atoms with Gasteiger partial charge in [0, 0.05) is 5.39 Å². The van der Waals surface area contributed by atoms with E-state index in [2.05, 4.69) is 43.3 Å². The summed E-state index contributed by atoms with van der Waals surface area (Å²) in [4.78, 5) is 0. The molecule has 3 aromatic carbocycles. The van der Waals surface area contributed by atoms with E-state index < -0.39 is 11.6 Å². The summed E-state index contributed by atoms with van der Waals surface area (Å²) in [6.07, 6.45) is 17.1. The minimum atomic E-state index is -0.797. The number of fused-ring (bicyclic) bond motifs is 1. The van der Waals surface area contributed by atoms with Crippen LogP contribution in [0.1, 0.15) is 75.0 Å². The van der Waals surface area contributed by atoms with E-state index in [4.69, 9.17) is 4.74 Å². The molecule has 190 valence electrons. The number of halogens is 2. The second-order valence-electron chi connectivity index (χ2n) is 10.00. The minimum absolute atomic E-state index is 0.258. The van der Waals surface area contributed by atoms with Gasteiger partial charge in [0.05, 0.1) is 0 Å². The third-order valence-electron chi connectivity index (χ3n) is 7.42. The fourth-order valence-corrected chi connectivity index (χ4v) is 5.21. The predicted molar refractivity (Wildman–Crippen MR) is 147 cm³/mol. The molecule has 0 atom stereocenters. The number of unbranched alkanes of at least 4 members (excludes halogenated alkanes) is 1. The normalized spacial score (nSPS) is 18.4. The number of allylic oxidation sites excluding steroid dienone is 3. The monoisotopic (exact) mass is 488 g/mol. The van der Waals surface area contributed by atoms with Crippen LogP contribution in [-0.4, -0.2) is 6.61 Å². The summed E-state index contributed by atoms with van der Waals surface area (Å²) in [7, 11) is 0. The van der Waals surface area contributed by atoms with Crippen LogP contribution in [0.4, 0.5) is 8.78 Å². The van der Waals surface area contributed by atoms with E-state index in [1.165, 1.54) is 44.1 Å². The first kappa shape index (κ1) is 26.1. The maximum atomic E-state index is 14.9. The Morgan fingerprint density at radius 1 is 0.889 bits per heavy atom. The van der Waals surface area contributed by atoms with Crippen molar-refractivity contribution < 1.29 is 13.5 Å². The summed E-state index contributed by atoms with van der Waals surface area (Å²) in [5.74, 6) is 0.354. The molecule has 1 fully saturated rings. The van der Waals surface area contributed by atoms with E-state index in [1.807, 2.05) is 19.1 Å². The van der Waals surface area contributed by atoms with Gasteiger partial charge in [-0.25, -0.2) is 8.78 Å². The zero-order valence-electron chi connectivity index (χ0n) is 21.6. The van der Waals surface area contributed by atoms with E-state index in [0.29, 0.717) is 42.1 Å². The van der Waals surface area contributed by atoms with Crippen LogP contribution in [0.5, 0.6) is 5.75 Å². The third kappa shape index (κ3) is 6.63. The van der Waals surface area contributed by atoms with Gasteiger partial charge in [-0.15, -0.1) is 0 Å². The van der Waals surface area contributed by atoms with Gasteiger partial charge in [0.15, 0.2) is 11.6 Å². The number of benzene rings is 3. The van der Waals surface area contributed by atoms with Crippen LogP contribution in [0.15, 0.2) is 72.8 Å². The first-order valence-electron chi connectivity index (χ1n) is 13.5. The second-order valence-corrected chi connectivity index (χ2v) is 10.00. The van der Waals surface area contributed by atoms with Crippen LogP contribution in [0.3, 0.4) is 0 Å². The zero-order chi connectivity index (χ0) is 25.3. The molecule has 1 aliphatic carbocycles. The van der Waals surface area contributed by atoms with Gasteiger partial charge in [-0.3, -0.25) is 0 Å². The lowest BCUT2D eigenvalue weighted by atomic mass is 9.78. The van der Waals surface area contributed by atoms with Gasteiger partial charge in [-0.05, 0) is 104 Å². The highest BCUT2D eigenvalue weighted by Gasteiger charge is 2.21. The number of aryl methyl sites for hydroxylation is 2. The van der Waals surface area contributed by atoms with Crippen LogP contribution in [-0.2, 0) is 12.8 Å². The fourth-order valence-electron chi connectivity index (χ4n) is 5.21. The molecule has 1 nitrogen and oxygen atoms in total. The lowest BCUT2D eigenvalue weighted by Crippen LogP contribution is -2.11. The molecule has 0 unspecified atom stereocenters. The summed E-state index contributed by atoms with van der Waals surface area (Å²) >= 11 is 0. The molecule has 0 heterocycles. The molecule has 0 bridgehead atoms. The Bertz CT molecular complexity index is 1180. The van der Waals surface area contributed by atoms with Gasteiger partial charge in [0.25, 0.3) is 0 Å². The lowest BCUT2D eigenvalue weighted by molar-refractivity contribution is 0.363. The average molecular weight is 489 g/mol. The summed E-state index contributed by atoms with van der Waals surface area (Å²) < 4.78 is 35.3. The molecule has 0 aliphatic heterocycles. The maximum Gasteiger partial charge on any atom is 0.167 e. The summed E-state index contributed by atoms with van der Waals surface area (Å²) in [5.41, 5.74) is 2.98.